The lowest BCUT2D eigenvalue weighted by atomic mass is 9.73. The molecule has 0 aromatic heterocycles. The van der Waals surface area contributed by atoms with Crippen molar-refractivity contribution in [2.45, 2.75) is 46.0 Å². The molecule has 0 aliphatic heterocycles. The average Bonchev–Trinajstić information content (AvgIpc) is 2.52. The normalized spacial score (nSPS) is 17.7. The van der Waals surface area contributed by atoms with Crippen molar-refractivity contribution in [1.29, 1.82) is 0 Å². The highest BCUT2D eigenvalue weighted by Gasteiger charge is 2.33. The first-order valence-corrected chi connectivity index (χ1v) is 8.40. The van der Waals surface area contributed by atoms with E-state index in [1.165, 1.54) is 38.2 Å². The minimum atomic E-state index is -0.143. The maximum atomic E-state index is 13.5. The molecule has 3 heteroatoms. The van der Waals surface area contributed by atoms with Gasteiger partial charge in [0.25, 0.3) is 0 Å². The van der Waals surface area contributed by atoms with Crippen LogP contribution in [0, 0.1) is 11.2 Å². The second-order valence-electron chi connectivity index (χ2n) is 6.34. The summed E-state index contributed by atoms with van der Waals surface area (Å²) in [4.78, 5) is 2.34. The monoisotopic (exact) mass is 292 g/mol. The zero-order chi connectivity index (χ0) is 15.1. The summed E-state index contributed by atoms with van der Waals surface area (Å²) in [7, 11) is 0. The molecular formula is C18H29FN2. The van der Waals surface area contributed by atoms with E-state index in [9.17, 15) is 4.39 Å². The summed E-state index contributed by atoms with van der Waals surface area (Å²) in [6, 6.07) is 7.02. The van der Waals surface area contributed by atoms with Gasteiger partial charge in [-0.1, -0.05) is 32.3 Å². The fourth-order valence-corrected chi connectivity index (χ4v) is 3.55. The Bertz CT molecular complexity index is 427. The van der Waals surface area contributed by atoms with Crippen LogP contribution in [-0.2, 0) is 0 Å². The third kappa shape index (κ3) is 4.44. The Hall–Kier alpha value is -1.09. The Labute approximate surface area is 128 Å². The molecule has 118 valence electrons. The lowest BCUT2D eigenvalue weighted by Gasteiger charge is -2.42. The van der Waals surface area contributed by atoms with Crippen LogP contribution in [0.5, 0.6) is 0 Å². The third-order valence-electron chi connectivity index (χ3n) is 4.75. The van der Waals surface area contributed by atoms with Gasteiger partial charge >= 0.3 is 0 Å². The van der Waals surface area contributed by atoms with E-state index in [0.717, 1.165) is 31.9 Å². The second-order valence-corrected chi connectivity index (χ2v) is 6.34. The van der Waals surface area contributed by atoms with Gasteiger partial charge in [-0.2, -0.15) is 0 Å². The molecule has 1 N–H and O–H groups in total. The maximum Gasteiger partial charge on any atom is 0.125 e. The summed E-state index contributed by atoms with van der Waals surface area (Å²) in [5.74, 6) is -0.143. The number of nitrogens with zero attached hydrogens (tertiary/aromatic N) is 1. The fourth-order valence-electron chi connectivity index (χ4n) is 3.55. The second kappa shape index (κ2) is 7.79. The van der Waals surface area contributed by atoms with Crippen molar-refractivity contribution in [3.63, 3.8) is 0 Å². The van der Waals surface area contributed by atoms with Gasteiger partial charge in [-0.3, -0.25) is 0 Å². The first kappa shape index (κ1) is 16.3. The van der Waals surface area contributed by atoms with Crippen molar-refractivity contribution in [3.8, 4) is 0 Å². The minimum Gasteiger partial charge on any atom is -0.371 e. The number of hydrogen-bond acceptors (Lipinski definition) is 2. The van der Waals surface area contributed by atoms with Gasteiger partial charge in [0, 0.05) is 30.7 Å². The molecule has 1 fully saturated rings. The van der Waals surface area contributed by atoms with Crippen LogP contribution in [0.15, 0.2) is 24.3 Å². The summed E-state index contributed by atoms with van der Waals surface area (Å²) in [6.07, 6.45) is 6.58. The molecule has 0 spiro atoms. The van der Waals surface area contributed by atoms with Gasteiger partial charge in [0.05, 0.1) is 0 Å². The Kier molecular flexibility index (Phi) is 6.04. The quantitative estimate of drug-likeness (QED) is 0.810. The molecule has 0 amide bonds. The molecule has 0 heterocycles. The standard InChI is InChI=1S/C18H29FN2/c1-3-20-14-18(11-6-5-7-12-18)15-21(4-2)17-10-8-9-16(19)13-17/h8-10,13,20H,3-7,11-12,14-15H2,1-2H3. The lowest BCUT2D eigenvalue weighted by molar-refractivity contribution is 0.189. The van der Waals surface area contributed by atoms with E-state index < -0.39 is 0 Å². The molecule has 1 aliphatic rings. The van der Waals surface area contributed by atoms with Crippen LogP contribution in [0.25, 0.3) is 0 Å². The van der Waals surface area contributed by atoms with Crippen LogP contribution in [0.3, 0.4) is 0 Å². The molecule has 0 bridgehead atoms. The predicted octanol–water partition coefficient (Wildman–Crippen LogP) is 4.21. The van der Waals surface area contributed by atoms with Gasteiger partial charge < -0.3 is 10.2 Å². The number of rotatable bonds is 7. The van der Waals surface area contributed by atoms with E-state index in [4.69, 9.17) is 0 Å². The molecular weight excluding hydrogens is 263 g/mol. The summed E-state index contributed by atoms with van der Waals surface area (Å²) < 4.78 is 13.5. The van der Waals surface area contributed by atoms with Crippen LogP contribution >= 0.6 is 0 Å². The molecule has 1 aromatic rings. The van der Waals surface area contributed by atoms with Crippen LogP contribution < -0.4 is 10.2 Å². The SMILES string of the molecule is CCNCC1(CN(CC)c2cccc(F)c2)CCCCC1. The zero-order valence-corrected chi connectivity index (χ0v) is 13.5. The zero-order valence-electron chi connectivity index (χ0n) is 13.5. The Morgan fingerprint density at radius 2 is 1.95 bits per heavy atom. The molecule has 1 aliphatic carbocycles. The van der Waals surface area contributed by atoms with E-state index in [1.54, 1.807) is 6.07 Å². The summed E-state index contributed by atoms with van der Waals surface area (Å²) >= 11 is 0. The number of anilines is 1. The number of hydrogen-bond donors (Lipinski definition) is 1. The lowest BCUT2D eigenvalue weighted by Crippen LogP contribution is -2.45. The molecule has 1 aromatic carbocycles. The molecule has 21 heavy (non-hydrogen) atoms. The molecule has 0 atom stereocenters. The van der Waals surface area contributed by atoms with Crippen LogP contribution in [0.2, 0.25) is 0 Å². The third-order valence-corrected chi connectivity index (χ3v) is 4.75. The van der Waals surface area contributed by atoms with Crippen LogP contribution in [0.1, 0.15) is 46.0 Å². The van der Waals surface area contributed by atoms with Gasteiger partial charge in [-0.05, 0) is 44.5 Å². The Morgan fingerprint density at radius 3 is 2.57 bits per heavy atom. The highest BCUT2D eigenvalue weighted by molar-refractivity contribution is 5.46. The Morgan fingerprint density at radius 1 is 1.19 bits per heavy atom. The summed E-state index contributed by atoms with van der Waals surface area (Å²) in [5.41, 5.74) is 1.36. The first-order valence-electron chi connectivity index (χ1n) is 8.40. The highest BCUT2D eigenvalue weighted by atomic mass is 19.1. The van der Waals surface area contributed by atoms with Gasteiger partial charge in [-0.15, -0.1) is 0 Å². The van der Waals surface area contributed by atoms with Crippen molar-refractivity contribution in [3.05, 3.63) is 30.1 Å². The molecule has 0 saturated heterocycles. The fraction of sp³-hybridized carbons (Fsp3) is 0.667. The van der Waals surface area contributed by atoms with E-state index in [-0.39, 0.29) is 5.82 Å². The van der Waals surface area contributed by atoms with E-state index in [0.29, 0.717) is 5.41 Å². The van der Waals surface area contributed by atoms with E-state index >= 15 is 0 Å². The topological polar surface area (TPSA) is 15.3 Å². The maximum absolute atomic E-state index is 13.5. The van der Waals surface area contributed by atoms with Gasteiger partial charge in [0.1, 0.15) is 5.82 Å². The van der Waals surface area contributed by atoms with Crippen molar-refractivity contribution in [2.24, 2.45) is 5.41 Å². The Balaban J connectivity index is 2.12. The summed E-state index contributed by atoms with van der Waals surface area (Å²) in [5, 5.41) is 3.55. The molecule has 0 radical (unpaired) electrons. The number of nitrogens with one attached hydrogen (secondary N) is 1. The summed E-state index contributed by atoms with van der Waals surface area (Å²) in [6.45, 7) is 8.38. The van der Waals surface area contributed by atoms with Gasteiger partial charge in [0.2, 0.25) is 0 Å². The molecule has 0 unspecified atom stereocenters. The van der Waals surface area contributed by atoms with Crippen molar-refractivity contribution in [2.75, 3.05) is 31.1 Å². The van der Waals surface area contributed by atoms with E-state index in [1.807, 2.05) is 12.1 Å². The van der Waals surface area contributed by atoms with Crippen LogP contribution in [0.4, 0.5) is 10.1 Å². The first-order chi connectivity index (χ1) is 10.2. The van der Waals surface area contributed by atoms with Crippen molar-refractivity contribution < 1.29 is 4.39 Å². The average molecular weight is 292 g/mol. The van der Waals surface area contributed by atoms with Crippen molar-refractivity contribution >= 4 is 5.69 Å². The smallest absolute Gasteiger partial charge is 0.125 e. The minimum absolute atomic E-state index is 0.143. The van der Waals surface area contributed by atoms with Gasteiger partial charge in [0.15, 0.2) is 0 Å². The predicted molar refractivity (Wildman–Crippen MR) is 88.3 cm³/mol. The highest BCUT2D eigenvalue weighted by Crippen LogP contribution is 2.37. The molecule has 2 rings (SSSR count). The number of benzene rings is 1. The van der Waals surface area contributed by atoms with Crippen LogP contribution in [-0.4, -0.2) is 26.2 Å². The van der Waals surface area contributed by atoms with E-state index in [2.05, 4.69) is 24.1 Å². The largest absolute Gasteiger partial charge is 0.371 e. The molecule has 1 saturated carbocycles. The number of halogens is 1. The molecule has 2 nitrogen and oxygen atoms in total. The van der Waals surface area contributed by atoms with Gasteiger partial charge in [-0.25, -0.2) is 4.39 Å². The van der Waals surface area contributed by atoms with Crippen molar-refractivity contribution in [1.82, 2.24) is 5.32 Å².